The van der Waals surface area contributed by atoms with Gasteiger partial charge in [-0.2, -0.15) is 0 Å². The van der Waals surface area contributed by atoms with Crippen LogP contribution < -0.4 is 5.73 Å². The molecule has 2 rings (SSSR count). The quantitative estimate of drug-likeness (QED) is 0.869. The molecule has 0 amide bonds. The number of hydrogen-bond donors (Lipinski definition) is 1. The van der Waals surface area contributed by atoms with Crippen molar-refractivity contribution in [2.45, 2.75) is 25.8 Å². The van der Waals surface area contributed by atoms with Gasteiger partial charge in [0.05, 0.1) is 10.6 Å². The summed E-state index contributed by atoms with van der Waals surface area (Å²) >= 11 is 1.37. The lowest BCUT2D eigenvalue weighted by Crippen LogP contribution is -2.16. The summed E-state index contributed by atoms with van der Waals surface area (Å²) in [4.78, 5) is 5.29. The summed E-state index contributed by atoms with van der Waals surface area (Å²) in [5.74, 6) is 0.850. The van der Waals surface area contributed by atoms with E-state index < -0.39 is 0 Å². The Kier molecular flexibility index (Phi) is 3.31. The third-order valence-corrected chi connectivity index (χ3v) is 3.34. The van der Waals surface area contributed by atoms with Crippen LogP contribution in [0.25, 0.3) is 0 Å². The highest BCUT2D eigenvalue weighted by molar-refractivity contribution is 7.05. The van der Waals surface area contributed by atoms with Crippen LogP contribution in [0, 0.1) is 0 Å². The van der Waals surface area contributed by atoms with Crippen LogP contribution in [0.15, 0.2) is 12.4 Å². The van der Waals surface area contributed by atoms with Crippen LogP contribution >= 0.6 is 11.5 Å². The Labute approximate surface area is 98.5 Å². The number of rotatable bonds is 4. The van der Waals surface area contributed by atoms with Crippen LogP contribution in [0.4, 0.5) is 0 Å². The summed E-state index contributed by atoms with van der Waals surface area (Å²) in [6, 6.07) is -0.221. The van der Waals surface area contributed by atoms with E-state index >= 15 is 0 Å². The van der Waals surface area contributed by atoms with Gasteiger partial charge in [-0.25, -0.2) is 4.98 Å². The molecule has 0 aromatic carbocycles. The highest BCUT2D eigenvalue weighted by Gasteiger charge is 2.19. The Bertz CT molecular complexity index is 461. The second kappa shape index (κ2) is 4.71. The third kappa shape index (κ3) is 1.98. The molecule has 1 unspecified atom stereocenters. The Balaban J connectivity index is 2.30. The average Bonchev–Trinajstić information content (AvgIpc) is 2.87. The van der Waals surface area contributed by atoms with E-state index in [4.69, 9.17) is 5.73 Å². The molecule has 6 heteroatoms. The molecule has 1 atom stereocenters. The lowest BCUT2D eigenvalue weighted by molar-refractivity contribution is 0.712. The zero-order valence-corrected chi connectivity index (χ0v) is 10.2. The molecule has 0 bridgehead atoms. The second-order valence-electron chi connectivity index (χ2n) is 3.71. The second-order valence-corrected chi connectivity index (χ2v) is 4.49. The Hall–Kier alpha value is -1.27. The standard InChI is InChI=1S/C10H15N5S/c1-3-4-7-9(16-14-13-7)8(11)10-12-5-6-15(10)2/h5-6,8H,3-4,11H2,1-2H3. The van der Waals surface area contributed by atoms with Gasteiger partial charge in [0.25, 0.3) is 0 Å². The minimum absolute atomic E-state index is 0.221. The van der Waals surface area contributed by atoms with E-state index in [-0.39, 0.29) is 6.04 Å². The average molecular weight is 237 g/mol. The van der Waals surface area contributed by atoms with Crippen LogP contribution in [0.2, 0.25) is 0 Å². The maximum absolute atomic E-state index is 6.18. The van der Waals surface area contributed by atoms with E-state index in [2.05, 4.69) is 21.5 Å². The van der Waals surface area contributed by atoms with Crippen molar-refractivity contribution in [1.82, 2.24) is 19.1 Å². The van der Waals surface area contributed by atoms with Crippen LogP contribution in [0.1, 0.15) is 35.8 Å². The summed E-state index contributed by atoms with van der Waals surface area (Å²) in [5, 5.41) is 4.12. The van der Waals surface area contributed by atoms with E-state index in [1.807, 2.05) is 17.8 Å². The van der Waals surface area contributed by atoms with Gasteiger partial charge < -0.3 is 10.3 Å². The summed E-state index contributed by atoms with van der Waals surface area (Å²) in [5.41, 5.74) is 7.19. The van der Waals surface area contributed by atoms with Gasteiger partial charge in [-0.3, -0.25) is 0 Å². The van der Waals surface area contributed by atoms with E-state index in [0.717, 1.165) is 29.2 Å². The fourth-order valence-corrected chi connectivity index (χ4v) is 2.35. The zero-order chi connectivity index (χ0) is 11.5. The molecule has 86 valence electrons. The molecule has 0 fully saturated rings. The molecule has 2 N–H and O–H groups in total. The molecule has 0 aliphatic rings. The highest BCUT2D eigenvalue weighted by Crippen LogP contribution is 2.24. The molecule has 0 saturated heterocycles. The molecular formula is C10H15N5S. The lowest BCUT2D eigenvalue weighted by atomic mass is 10.1. The van der Waals surface area contributed by atoms with Crippen molar-refractivity contribution in [1.29, 1.82) is 0 Å². The summed E-state index contributed by atoms with van der Waals surface area (Å²) in [7, 11) is 1.94. The maximum atomic E-state index is 6.18. The number of nitrogens with two attached hydrogens (primary N) is 1. The number of aryl methyl sites for hydroxylation is 2. The minimum Gasteiger partial charge on any atom is -0.336 e. The molecule has 0 aliphatic carbocycles. The van der Waals surface area contributed by atoms with E-state index in [9.17, 15) is 0 Å². The largest absolute Gasteiger partial charge is 0.336 e. The van der Waals surface area contributed by atoms with E-state index in [1.54, 1.807) is 6.20 Å². The van der Waals surface area contributed by atoms with Crippen LogP contribution in [-0.2, 0) is 13.5 Å². The first-order chi connectivity index (χ1) is 7.74. The smallest absolute Gasteiger partial charge is 0.130 e. The van der Waals surface area contributed by atoms with Gasteiger partial charge in [0.15, 0.2) is 0 Å². The van der Waals surface area contributed by atoms with E-state index in [1.165, 1.54) is 11.5 Å². The molecule has 0 radical (unpaired) electrons. The van der Waals surface area contributed by atoms with Gasteiger partial charge in [0.2, 0.25) is 0 Å². The van der Waals surface area contributed by atoms with Gasteiger partial charge in [-0.1, -0.05) is 17.8 Å². The van der Waals surface area contributed by atoms with Crippen molar-refractivity contribution in [3.8, 4) is 0 Å². The Morgan fingerprint density at radius 2 is 2.38 bits per heavy atom. The SMILES string of the molecule is CCCc1nnsc1C(N)c1nccn1C. The van der Waals surface area contributed by atoms with Crippen molar-refractivity contribution in [2.75, 3.05) is 0 Å². The van der Waals surface area contributed by atoms with Gasteiger partial charge in [0, 0.05) is 19.4 Å². The van der Waals surface area contributed by atoms with Crippen LogP contribution in [-0.4, -0.2) is 19.1 Å². The fraction of sp³-hybridized carbons (Fsp3) is 0.500. The number of aromatic nitrogens is 4. The molecule has 5 nitrogen and oxygen atoms in total. The summed E-state index contributed by atoms with van der Waals surface area (Å²) in [6.07, 6.45) is 5.61. The maximum Gasteiger partial charge on any atom is 0.130 e. The molecule has 0 saturated carbocycles. The molecule has 2 aromatic rings. The molecule has 16 heavy (non-hydrogen) atoms. The van der Waals surface area contributed by atoms with Crippen molar-refractivity contribution >= 4 is 11.5 Å². The normalized spacial score (nSPS) is 12.9. The minimum atomic E-state index is -0.221. The van der Waals surface area contributed by atoms with Crippen molar-refractivity contribution in [3.05, 3.63) is 28.8 Å². The number of hydrogen-bond acceptors (Lipinski definition) is 5. The lowest BCUT2D eigenvalue weighted by Gasteiger charge is -2.10. The number of imidazole rings is 1. The monoisotopic (exact) mass is 237 g/mol. The van der Waals surface area contributed by atoms with Gasteiger partial charge in [-0.15, -0.1) is 5.10 Å². The Morgan fingerprint density at radius 3 is 3.00 bits per heavy atom. The highest BCUT2D eigenvalue weighted by atomic mass is 32.1. The predicted molar refractivity (Wildman–Crippen MR) is 63.1 cm³/mol. The van der Waals surface area contributed by atoms with Crippen LogP contribution in [0.5, 0.6) is 0 Å². The van der Waals surface area contributed by atoms with Gasteiger partial charge in [-0.05, 0) is 18.0 Å². The molecule has 2 aromatic heterocycles. The first kappa shape index (κ1) is 11.2. The van der Waals surface area contributed by atoms with Crippen molar-refractivity contribution < 1.29 is 0 Å². The Morgan fingerprint density at radius 1 is 1.56 bits per heavy atom. The molecule has 2 heterocycles. The third-order valence-electron chi connectivity index (χ3n) is 2.49. The molecular weight excluding hydrogens is 222 g/mol. The topological polar surface area (TPSA) is 69.6 Å². The zero-order valence-electron chi connectivity index (χ0n) is 9.42. The summed E-state index contributed by atoms with van der Waals surface area (Å²) in [6.45, 7) is 2.12. The van der Waals surface area contributed by atoms with E-state index in [0.29, 0.717) is 0 Å². The summed E-state index contributed by atoms with van der Waals surface area (Å²) < 4.78 is 5.91. The van der Waals surface area contributed by atoms with Gasteiger partial charge in [0.1, 0.15) is 11.9 Å². The first-order valence-corrected chi connectivity index (χ1v) is 6.05. The fourth-order valence-electron chi connectivity index (χ4n) is 1.66. The van der Waals surface area contributed by atoms with Crippen molar-refractivity contribution in [2.24, 2.45) is 12.8 Å². The predicted octanol–water partition coefficient (Wildman–Crippen LogP) is 1.27. The molecule has 0 aliphatic heterocycles. The van der Waals surface area contributed by atoms with Gasteiger partial charge >= 0.3 is 0 Å². The van der Waals surface area contributed by atoms with Crippen molar-refractivity contribution in [3.63, 3.8) is 0 Å². The van der Waals surface area contributed by atoms with Crippen LogP contribution in [0.3, 0.4) is 0 Å². The first-order valence-electron chi connectivity index (χ1n) is 5.28. The molecule has 0 spiro atoms. The number of nitrogens with zero attached hydrogens (tertiary/aromatic N) is 4.